The van der Waals surface area contributed by atoms with Crippen molar-refractivity contribution in [2.24, 2.45) is 4.99 Å². The van der Waals surface area contributed by atoms with Crippen molar-refractivity contribution in [2.45, 2.75) is 20.0 Å². The zero-order valence-electron chi connectivity index (χ0n) is 18.3. The minimum atomic E-state index is -0.118. The van der Waals surface area contributed by atoms with Crippen molar-refractivity contribution in [3.8, 4) is 17.2 Å². The van der Waals surface area contributed by atoms with Gasteiger partial charge in [-0.1, -0.05) is 18.2 Å². The molecule has 8 nitrogen and oxygen atoms in total. The highest BCUT2D eigenvalue weighted by atomic mass is 127. The molecule has 1 amide bonds. The van der Waals surface area contributed by atoms with Gasteiger partial charge in [0.15, 0.2) is 17.5 Å². The van der Waals surface area contributed by atoms with Crippen LogP contribution in [0.2, 0.25) is 0 Å². The van der Waals surface area contributed by atoms with Crippen molar-refractivity contribution in [3.63, 3.8) is 0 Å². The number of guanidine groups is 1. The summed E-state index contributed by atoms with van der Waals surface area (Å²) in [5.74, 6) is 2.62. The Morgan fingerprint density at radius 2 is 1.84 bits per heavy atom. The number of nitrogens with zero attached hydrogens (tertiary/aromatic N) is 1. The van der Waals surface area contributed by atoms with Gasteiger partial charge in [-0.3, -0.25) is 9.79 Å². The van der Waals surface area contributed by atoms with E-state index in [1.54, 1.807) is 20.2 Å². The Morgan fingerprint density at radius 3 is 2.52 bits per heavy atom. The van der Waals surface area contributed by atoms with Gasteiger partial charge in [0.25, 0.3) is 0 Å². The zero-order chi connectivity index (χ0) is 21.8. The lowest BCUT2D eigenvalue weighted by Gasteiger charge is -2.19. The van der Waals surface area contributed by atoms with Crippen LogP contribution in [0.5, 0.6) is 17.2 Å². The Bertz CT molecular complexity index is 848. The highest BCUT2D eigenvalue weighted by Crippen LogP contribution is 2.26. The van der Waals surface area contributed by atoms with Crippen LogP contribution in [0.25, 0.3) is 0 Å². The summed E-state index contributed by atoms with van der Waals surface area (Å²) in [5.41, 5.74) is 0.703. The quantitative estimate of drug-likeness (QED) is 0.185. The SMILES string of the molecule is CN=C(NCCOc1cccc(NC(C)=O)c1)NCC(C)Oc1ccccc1OC.I. The number of benzene rings is 2. The maximum absolute atomic E-state index is 11.1. The molecule has 2 aromatic rings. The molecule has 0 fully saturated rings. The highest BCUT2D eigenvalue weighted by Gasteiger charge is 2.09. The van der Waals surface area contributed by atoms with Crippen LogP contribution >= 0.6 is 24.0 Å². The third-order valence-corrected chi connectivity index (χ3v) is 4.00. The van der Waals surface area contributed by atoms with Gasteiger partial charge < -0.3 is 30.2 Å². The predicted octanol–water partition coefficient (Wildman–Crippen LogP) is 3.28. The van der Waals surface area contributed by atoms with Crippen molar-refractivity contribution in [1.29, 1.82) is 0 Å². The number of carbonyl (C=O) groups is 1. The number of ether oxygens (including phenoxy) is 3. The first-order valence-corrected chi connectivity index (χ1v) is 9.76. The van der Waals surface area contributed by atoms with Gasteiger partial charge in [-0.25, -0.2) is 0 Å². The molecule has 170 valence electrons. The third kappa shape index (κ3) is 9.77. The summed E-state index contributed by atoms with van der Waals surface area (Å²) in [6, 6.07) is 14.8. The molecule has 0 aliphatic rings. The number of nitrogens with one attached hydrogen (secondary N) is 3. The molecule has 1 atom stereocenters. The normalized spacial score (nSPS) is 11.5. The van der Waals surface area contributed by atoms with Gasteiger partial charge in [0.2, 0.25) is 5.91 Å². The van der Waals surface area contributed by atoms with Crippen LogP contribution in [0.15, 0.2) is 53.5 Å². The van der Waals surface area contributed by atoms with Crippen molar-refractivity contribution < 1.29 is 19.0 Å². The molecule has 31 heavy (non-hydrogen) atoms. The number of carbonyl (C=O) groups excluding carboxylic acids is 1. The monoisotopic (exact) mass is 542 g/mol. The molecule has 0 aliphatic carbocycles. The molecule has 3 N–H and O–H groups in total. The van der Waals surface area contributed by atoms with Crippen molar-refractivity contribution in [3.05, 3.63) is 48.5 Å². The van der Waals surface area contributed by atoms with Crippen LogP contribution in [0.4, 0.5) is 5.69 Å². The van der Waals surface area contributed by atoms with E-state index in [2.05, 4.69) is 20.9 Å². The van der Waals surface area contributed by atoms with Gasteiger partial charge >= 0.3 is 0 Å². The molecule has 0 aromatic heterocycles. The smallest absolute Gasteiger partial charge is 0.221 e. The molecular formula is C22H31IN4O4. The lowest BCUT2D eigenvalue weighted by atomic mass is 10.3. The second kappa shape index (κ2) is 14.3. The summed E-state index contributed by atoms with van der Waals surface area (Å²) in [6.45, 7) is 5.01. The molecule has 2 rings (SSSR count). The molecule has 0 radical (unpaired) electrons. The number of hydrogen-bond acceptors (Lipinski definition) is 5. The summed E-state index contributed by atoms with van der Waals surface area (Å²) in [7, 11) is 3.33. The Labute approximate surface area is 200 Å². The first-order chi connectivity index (χ1) is 14.5. The van der Waals surface area contributed by atoms with Crippen LogP contribution in [-0.2, 0) is 4.79 Å². The molecule has 0 saturated heterocycles. The fourth-order valence-corrected chi connectivity index (χ4v) is 2.64. The van der Waals surface area contributed by atoms with Crippen LogP contribution in [0.3, 0.4) is 0 Å². The first-order valence-electron chi connectivity index (χ1n) is 9.76. The lowest BCUT2D eigenvalue weighted by molar-refractivity contribution is -0.114. The highest BCUT2D eigenvalue weighted by molar-refractivity contribution is 14.0. The van der Waals surface area contributed by atoms with Gasteiger partial charge in [-0.05, 0) is 31.2 Å². The van der Waals surface area contributed by atoms with Gasteiger partial charge in [0, 0.05) is 25.7 Å². The maximum atomic E-state index is 11.1. The Morgan fingerprint density at radius 1 is 1.10 bits per heavy atom. The van der Waals surface area contributed by atoms with Crippen LogP contribution in [0, 0.1) is 0 Å². The molecule has 0 aliphatic heterocycles. The predicted molar refractivity (Wildman–Crippen MR) is 134 cm³/mol. The average Bonchev–Trinajstić information content (AvgIpc) is 2.73. The number of para-hydroxylation sites is 2. The van der Waals surface area contributed by atoms with E-state index in [1.165, 1.54) is 6.92 Å². The van der Waals surface area contributed by atoms with Crippen molar-refractivity contribution >= 4 is 41.5 Å². The van der Waals surface area contributed by atoms with E-state index in [-0.39, 0.29) is 36.0 Å². The van der Waals surface area contributed by atoms with Crippen LogP contribution in [-0.4, -0.2) is 51.8 Å². The molecule has 0 saturated carbocycles. The number of hydrogen-bond donors (Lipinski definition) is 3. The van der Waals surface area contributed by atoms with Crippen LogP contribution in [0.1, 0.15) is 13.8 Å². The Hall–Kier alpha value is -2.69. The van der Waals surface area contributed by atoms with E-state index in [4.69, 9.17) is 14.2 Å². The summed E-state index contributed by atoms with van der Waals surface area (Å²) < 4.78 is 17.0. The van der Waals surface area contributed by atoms with Crippen LogP contribution < -0.4 is 30.2 Å². The fraction of sp³-hybridized carbons (Fsp3) is 0.364. The molecule has 1 unspecified atom stereocenters. The zero-order valence-corrected chi connectivity index (χ0v) is 20.6. The standard InChI is InChI=1S/C22H30N4O4.HI/c1-16(30-21-11-6-5-10-20(21)28-4)15-25-22(23-3)24-12-13-29-19-9-7-8-18(14-19)26-17(2)27;/h5-11,14,16H,12-13,15H2,1-4H3,(H,26,27)(H2,23,24,25);1H. The second-order valence-corrected chi connectivity index (χ2v) is 6.52. The van der Waals surface area contributed by atoms with Gasteiger partial charge in [0.1, 0.15) is 18.5 Å². The van der Waals surface area contributed by atoms with E-state index in [1.807, 2.05) is 49.4 Å². The summed E-state index contributed by atoms with van der Waals surface area (Å²) >= 11 is 0. The molecule has 2 aromatic carbocycles. The minimum Gasteiger partial charge on any atom is -0.493 e. The van der Waals surface area contributed by atoms with Crippen molar-refractivity contribution in [1.82, 2.24) is 10.6 Å². The van der Waals surface area contributed by atoms with E-state index in [0.717, 1.165) is 0 Å². The molecular weight excluding hydrogens is 511 g/mol. The third-order valence-electron chi connectivity index (χ3n) is 4.00. The molecule has 0 heterocycles. The number of halogens is 1. The van der Waals surface area contributed by atoms with Gasteiger partial charge in [0.05, 0.1) is 20.2 Å². The molecule has 0 bridgehead atoms. The topological polar surface area (TPSA) is 93.2 Å². The van der Waals surface area contributed by atoms with E-state index >= 15 is 0 Å². The largest absolute Gasteiger partial charge is 0.493 e. The molecule has 0 spiro atoms. The Kier molecular flexibility index (Phi) is 12.2. The number of rotatable bonds is 10. The number of anilines is 1. The number of methoxy groups -OCH3 is 1. The van der Waals surface area contributed by atoms with Gasteiger partial charge in [-0.2, -0.15) is 0 Å². The van der Waals surface area contributed by atoms with E-state index < -0.39 is 0 Å². The summed E-state index contributed by atoms with van der Waals surface area (Å²) in [4.78, 5) is 15.3. The van der Waals surface area contributed by atoms with E-state index in [0.29, 0.717) is 48.6 Å². The summed E-state index contributed by atoms with van der Waals surface area (Å²) in [6.07, 6.45) is -0.0902. The lowest BCUT2D eigenvalue weighted by Crippen LogP contribution is -2.43. The van der Waals surface area contributed by atoms with E-state index in [9.17, 15) is 4.79 Å². The second-order valence-electron chi connectivity index (χ2n) is 6.52. The molecule has 9 heteroatoms. The number of aliphatic imine (C=N–C) groups is 1. The average molecular weight is 542 g/mol. The minimum absolute atomic E-state index is 0. The Balaban J connectivity index is 0.00000480. The maximum Gasteiger partial charge on any atom is 0.221 e. The number of amides is 1. The summed E-state index contributed by atoms with van der Waals surface area (Å²) in [5, 5.41) is 9.15. The van der Waals surface area contributed by atoms with Gasteiger partial charge in [-0.15, -0.1) is 24.0 Å². The fourth-order valence-electron chi connectivity index (χ4n) is 2.64. The van der Waals surface area contributed by atoms with Crippen molar-refractivity contribution in [2.75, 3.05) is 39.2 Å². The first kappa shape index (κ1) is 26.3.